The quantitative estimate of drug-likeness (QED) is 0.848. The molecular formula is C17H26FN2O+. The van der Waals surface area contributed by atoms with Crippen molar-refractivity contribution in [2.45, 2.75) is 45.2 Å². The molecule has 1 unspecified atom stereocenters. The molecule has 1 fully saturated rings. The molecule has 3 nitrogen and oxygen atoms in total. The minimum absolute atomic E-state index is 0.120. The first-order valence-electron chi connectivity index (χ1n) is 7.88. The Hall–Kier alpha value is -1.42. The van der Waals surface area contributed by atoms with Crippen LogP contribution in [0.4, 0.5) is 4.39 Å². The zero-order chi connectivity index (χ0) is 15.2. The molecule has 0 spiro atoms. The minimum Gasteiger partial charge on any atom is -0.348 e. The molecule has 1 amide bonds. The monoisotopic (exact) mass is 293 g/mol. The number of hydrogen-bond donors (Lipinski definition) is 2. The van der Waals surface area contributed by atoms with Crippen molar-refractivity contribution < 1.29 is 14.1 Å². The highest BCUT2D eigenvalue weighted by Gasteiger charge is 2.21. The standard InChI is InChI=1S/C17H25FN2O/c1-13-3-9-16(10-4-13)19-17(21)12-20(2)11-14-5-7-15(18)8-6-14/h5-8,13,16H,3-4,9-12H2,1-2H3,(H,19,21)/p+1. The van der Waals surface area contributed by atoms with Crippen molar-refractivity contribution in [1.82, 2.24) is 5.32 Å². The Bertz CT molecular complexity index is 452. The molecule has 4 heteroatoms. The van der Waals surface area contributed by atoms with Crippen LogP contribution in [-0.4, -0.2) is 25.5 Å². The zero-order valence-corrected chi connectivity index (χ0v) is 13.0. The molecule has 0 heterocycles. The number of carbonyl (C=O) groups excluding carboxylic acids is 1. The van der Waals surface area contributed by atoms with E-state index in [0.29, 0.717) is 12.6 Å². The molecule has 116 valence electrons. The van der Waals surface area contributed by atoms with Crippen LogP contribution in [0.3, 0.4) is 0 Å². The van der Waals surface area contributed by atoms with Crippen LogP contribution >= 0.6 is 0 Å². The topological polar surface area (TPSA) is 33.5 Å². The van der Waals surface area contributed by atoms with E-state index in [2.05, 4.69) is 12.2 Å². The van der Waals surface area contributed by atoms with E-state index in [1.54, 1.807) is 12.1 Å². The van der Waals surface area contributed by atoms with Gasteiger partial charge in [-0.15, -0.1) is 0 Å². The maximum Gasteiger partial charge on any atom is 0.275 e. The van der Waals surface area contributed by atoms with E-state index < -0.39 is 0 Å². The molecule has 1 aliphatic rings. The summed E-state index contributed by atoms with van der Waals surface area (Å²) in [7, 11) is 1.99. The summed E-state index contributed by atoms with van der Waals surface area (Å²) in [6.07, 6.45) is 4.63. The molecular weight excluding hydrogens is 267 g/mol. The Labute approximate surface area is 126 Å². The number of quaternary nitrogens is 1. The van der Waals surface area contributed by atoms with Crippen molar-refractivity contribution in [3.63, 3.8) is 0 Å². The van der Waals surface area contributed by atoms with Gasteiger partial charge in [0.15, 0.2) is 6.54 Å². The first kappa shape index (κ1) is 16.0. The smallest absolute Gasteiger partial charge is 0.275 e. The van der Waals surface area contributed by atoms with E-state index in [0.717, 1.165) is 35.8 Å². The third-order valence-corrected chi connectivity index (χ3v) is 4.26. The zero-order valence-electron chi connectivity index (χ0n) is 13.0. The molecule has 1 aromatic carbocycles. The van der Waals surface area contributed by atoms with Crippen LogP contribution in [0.2, 0.25) is 0 Å². The fraction of sp³-hybridized carbons (Fsp3) is 0.588. The molecule has 2 N–H and O–H groups in total. The van der Waals surface area contributed by atoms with E-state index in [4.69, 9.17) is 0 Å². The van der Waals surface area contributed by atoms with Crippen LogP contribution in [0.15, 0.2) is 24.3 Å². The maximum atomic E-state index is 12.9. The average Bonchev–Trinajstić information content (AvgIpc) is 2.44. The van der Waals surface area contributed by atoms with Crippen molar-refractivity contribution in [3.8, 4) is 0 Å². The molecule has 0 bridgehead atoms. The Morgan fingerprint density at radius 2 is 1.86 bits per heavy atom. The Morgan fingerprint density at radius 3 is 2.48 bits per heavy atom. The Kier molecular flexibility index (Phi) is 5.74. The van der Waals surface area contributed by atoms with E-state index >= 15 is 0 Å². The third kappa shape index (κ3) is 5.46. The first-order chi connectivity index (χ1) is 10.0. The largest absolute Gasteiger partial charge is 0.348 e. The van der Waals surface area contributed by atoms with Gasteiger partial charge in [0.2, 0.25) is 0 Å². The SMILES string of the molecule is CC1CCC(NC(=O)C[NH+](C)Cc2ccc(F)cc2)CC1. The van der Waals surface area contributed by atoms with Crippen LogP contribution in [0.25, 0.3) is 0 Å². The van der Waals surface area contributed by atoms with Gasteiger partial charge in [-0.2, -0.15) is 0 Å². The highest BCUT2D eigenvalue weighted by molar-refractivity contribution is 5.77. The number of nitrogens with one attached hydrogen (secondary N) is 2. The van der Waals surface area contributed by atoms with Gasteiger partial charge in [0, 0.05) is 11.6 Å². The molecule has 0 radical (unpaired) electrons. The summed E-state index contributed by atoms with van der Waals surface area (Å²) in [5.74, 6) is 0.694. The van der Waals surface area contributed by atoms with Gasteiger partial charge in [0.25, 0.3) is 5.91 Å². The summed E-state index contributed by atoms with van der Waals surface area (Å²) in [6, 6.07) is 6.84. The summed E-state index contributed by atoms with van der Waals surface area (Å²) in [4.78, 5) is 13.2. The second-order valence-electron chi connectivity index (χ2n) is 6.46. The van der Waals surface area contributed by atoms with Crippen LogP contribution in [0.5, 0.6) is 0 Å². The Morgan fingerprint density at radius 1 is 1.24 bits per heavy atom. The van der Waals surface area contributed by atoms with Crippen molar-refractivity contribution in [2.75, 3.05) is 13.6 Å². The van der Waals surface area contributed by atoms with Crippen LogP contribution in [-0.2, 0) is 11.3 Å². The van der Waals surface area contributed by atoms with E-state index in [-0.39, 0.29) is 11.7 Å². The average molecular weight is 293 g/mol. The number of benzene rings is 1. The lowest BCUT2D eigenvalue weighted by Gasteiger charge is -2.27. The number of halogens is 1. The van der Waals surface area contributed by atoms with Crippen LogP contribution in [0.1, 0.15) is 38.2 Å². The number of carbonyl (C=O) groups is 1. The van der Waals surface area contributed by atoms with Crippen molar-refractivity contribution >= 4 is 5.91 Å². The molecule has 1 aromatic rings. The van der Waals surface area contributed by atoms with Gasteiger partial charge in [0.05, 0.1) is 7.05 Å². The lowest BCUT2D eigenvalue weighted by Crippen LogP contribution is -3.09. The lowest BCUT2D eigenvalue weighted by atomic mass is 9.87. The first-order valence-corrected chi connectivity index (χ1v) is 7.88. The summed E-state index contributed by atoms with van der Waals surface area (Å²) in [5, 5.41) is 3.15. The Balaban J connectivity index is 1.73. The molecule has 21 heavy (non-hydrogen) atoms. The van der Waals surface area contributed by atoms with Crippen molar-refractivity contribution in [1.29, 1.82) is 0 Å². The lowest BCUT2D eigenvalue weighted by molar-refractivity contribution is -0.885. The summed E-state index contributed by atoms with van der Waals surface area (Å²) >= 11 is 0. The second-order valence-corrected chi connectivity index (χ2v) is 6.46. The predicted octanol–water partition coefficient (Wildman–Crippen LogP) is 1.54. The third-order valence-electron chi connectivity index (χ3n) is 4.26. The number of amides is 1. The van der Waals surface area contributed by atoms with Crippen LogP contribution < -0.4 is 10.2 Å². The second kappa shape index (κ2) is 7.55. The van der Waals surface area contributed by atoms with E-state index in [9.17, 15) is 9.18 Å². The number of likely N-dealkylation sites (N-methyl/N-ethyl adjacent to an activating group) is 1. The predicted molar refractivity (Wildman–Crippen MR) is 81.4 cm³/mol. The summed E-state index contributed by atoms with van der Waals surface area (Å²) < 4.78 is 12.9. The fourth-order valence-corrected chi connectivity index (χ4v) is 2.97. The molecule has 1 saturated carbocycles. The minimum atomic E-state index is -0.222. The van der Waals surface area contributed by atoms with Gasteiger partial charge in [-0.05, 0) is 43.7 Å². The summed E-state index contributed by atoms with van der Waals surface area (Å²) in [5.41, 5.74) is 1.05. The van der Waals surface area contributed by atoms with Gasteiger partial charge < -0.3 is 10.2 Å². The van der Waals surface area contributed by atoms with Gasteiger partial charge in [-0.3, -0.25) is 4.79 Å². The number of hydrogen-bond acceptors (Lipinski definition) is 1. The van der Waals surface area contributed by atoms with Gasteiger partial charge in [-0.25, -0.2) is 4.39 Å². The van der Waals surface area contributed by atoms with Gasteiger partial charge in [0.1, 0.15) is 12.4 Å². The highest BCUT2D eigenvalue weighted by Crippen LogP contribution is 2.23. The van der Waals surface area contributed by atoms with E-state index in [1.807, 2.05) is 7.05 Å². The molecule has 2 rings (SSSR count). The normalized spacial score (nSPS) is 23.6. The molecule has 0 aliphatic heterocycles. The maximum absolute atomic E-state index is 12.9. The van der Waals surface area contributed by atoms with Gasteiger partial charge >= 0.3 is 0 Å². The van der Waals surface area contributed by atoms with Crippen LogP contribution in [0, 0.1) is 11.7 Å². The van der Waals surface area contributed by atoms with Gasteiger partial charge in [-0.1, -0.05) is 19.1 Å². The molecule has 0 aromatic heterocycles. The fourth-order valence-electron chi connectivity index (χ4n) is 2.97. The van der Waals surface area contributed by atoms with E-state index in [1.165, 1.54) is 25.0 Å². The molecule has 0 saturated heterocycles. The van der Waals surface area contributed by atoms with Crippen molar-refractivity contribution in [2.24, 2.45) is 5.92 Å². The highest BCUT2D eigenvalue weighted by atomic mass is 19.1. The molecule has 1 aliphatic carbocycles. The number of rotatable bonds is 5. The molecule has 1 atom stereocenters. The van der Waals surface area contributed by atoms with Crippen molar-refractivity contribution in [3.05, 3.63) is 35.6 Å². The summed E-state index contributed by atoms with van der Waals surface area (Å²) in [6.45, 7) is 3.47.